The Balaban J connectivity index is 2.05. The van der Waals surface area contributed by atoms with Gasteiger partial charge in [0.05, 0.1) is 25.0 Å². The molecular weight excluding hydrogens is 348 g/mol. The maximum Gasteiger partial charge on any atom is 0.265 e. The highest BCUT2D eigenvalue weighted by atomic mass is 16.5. The van der Waals surface area contributed by atoms with Gasteiger partial charge in [0.25, 0.3) is 11.8 Å². The standard InChI is InChI=1S/C20H24N2O5/c1-14(27-18-11-7-6-10-17(18)26-3)19(23)22-16-9-5-4-8-15(16)20(24)21-12-13-25-2/h4-11,14H,12-13H2,1-3H3,(H,21,24)(H,22,23)/t14-/m1/s1. The minimum atomic E-state index is -0.786. The number of carbonyl (C=O) groups excluding carboxylic acids is 2. The van der Waals surface area contributed by atoms with Crippen LogP contribution in [-0.4, -0.2) is 45.3 Å². The first-order valence-electron chi connectivity index (χ1n) is 8.53. The number of rotatable bonds is 9. The fourth-order valence-corrected chi connectivity index (χ4v) is 2.35. The number of hydrogen-bond acceptors (Lipinski definition) is 5. The normalized spacial score (nSPS) is 11.4. The van der Waals surface area contributed by atoms with Crippen LogP contribution >= 0.6 is 0 Å². The first-order valence-corrected chi connectivity index (χ1v) is 8.53. The Labute approximate surface area is 158 Å². The predicted molar refractivity (Wildman–Crippen MR) is 102 cm³/mol. The van der Waals surface area contributed by atoms with Gasteiger partial charge in [-0.1, -0.05) is 24.3 Å². The summed E-state index contributed by atoms with van der Waals surface area (Å²) in [5.41, 5.74) is 0.777. The van der Waals surface area contributed by atoms with Gasteiger partial charge in [-0.15, -0.1) is 0 Å². The van der Waals surface area contributed by atoms with E-state index in [9.17, 15) is 9.59 Å². The Hall–Kier alpha value is -3.06. The van der Waals surface area contributed by atoms with Crippen molar-refractivity contribution in [3.63, 3.8) is 0 Å². The summed E-state index contributed by atoms with van der Waals surface area (Å²) < 4.78 is 15.8. The smallest absolute Gasteiger partial charge is 0.265 e. The highest BCUT2D eigenvalue weighted by Gasteiger charge is 2.19. The quantitative estimate of drug-likeness (QED) is 0.661. The minimum absolute atomic E-state index is 0.291. The fraction of sp³-hybridized carbons (Fsp3) is 0.300. The van der Waals surface area contributed by atoms with Crippen LogP contribution in [0.2, 0.25) is 0 Å². The summed E-state index contributed by atoms with van der Waals surface area (Å²) in [6.07, 6.45) is -0.786. The average Bonchev–Trinajstić information content (AvgIpc) is 2.68. The molecule has 0 fully saturated rings. The molecule has 2 rings (SSSR count). The van der Waals surface area contributed by atoms with E-state index in [2.05, 4.69) is 10.6 Å². The molecule has 0 unspecified atom stereocenters. The van der Waals surface area contributed by atoms with Gasteiger partial charge in [0.2, 0.25) is 0 Å². The topological polar surface area (TPSA) is 85.9 Å². The molecule has 27 heavy (non-hydrogen) atoms. The lowest BCUT2D eigenvalue weighted by Crippen LogP contribution is -2.32. The fourth-order valence-electron chi connectivity index (χ4n) is 2.35. The van der Waals surface area contributed by atoms with Gasteiger partial charge in [0.15, 0.2) is 17.6 Å². The van der Waals surface area contributed by atoms with Gasteiger partial charge < -0.3 is 24.8 Å². The maximum atomic E-state index is 12.5. The second-order valence-electron chi connectivity index (χ2n) is 5.69. The number of amides is 2. The Kier molecular flexibility index (Phi) is 7.63. The molecule has 0 aliphatic rings. The molecule has 2 aromatic carbocycles. The van der Waals surface area contributed by atoms with Crippen LogP contribution in [0, 0.1) is 0 Å². The molecule has 1 atom stereocenters. The summed E-state index contributed by atoms with van der Waals surface area (Å²) in [6, 6.07) is 13.9. The van der Waals surface area contributed by atoms with Crippen LogP contribution in [0.5, 0.6) is 11.5 Å². The highest BCUT2D eigenvalue weighted by Crippen LogP contribution is 2.27. The molecule has 0 aliphatic heterocycles. The minimum Gasteiger partial charge on any atom is -0.493 e. The molecule has 0 radical (unpaired) electrons. The Bertz CT molecular complexity index is 778. The van der Waals surface area contributed by atoms with Crippen molar-refractivity contribution in [1.29, 1.82) is 0 Å². The van der Waals surface area contributed by atoms with E-state index in [0.717, 1.165) is 0 Å². The molecule has 144 valence electrons. The number of para-hydroxylation sites is 3. The van der Waals surface area contributed by atoms with Crippen molar-refractivity contribution in [1.82, 2.24) is 5.32 Å². The highest BCUT2D eigenvalue weighted by molar-refractivity contribution is 6.04. The van der Waals surface area contributed by atoms with Gasteiger partial charge in [0.1, 0.15) is 0 Å². The monoisotopic (exact) mass is 372 g/mol. The van der Waals surface area contributed by atoms with Crippen LogP contribution in [0.4, 0.5) is 5.69 Å². The SMILES string of the molecule is COCCNC(=O)c1ccccc1NC(=O)[C@@H](C)Oc1ccccc1OC. The molecule has 0 saturated carbocycles. The lowest BCUT2D eigenvalue weighted by atomic mass is 10.1. The van der Waals surface area contributed by atoms with Gasteiger partial charge in [-0.3, -0.25) is 9.59 Å². The Morgan fingerprint density at radius 3 is 2.37 bits per heavy atom. The molecule has 2 amide bonds. The lowest BCUT2D eigenvalue weighted by molar-refractivity contribution is -0.122. The third-order valence-electron chi connectivity index (χ3n) is 3.76. The third kappa shape index (κ3) is 5.72. The van der Waals surface area contributed by atoms with Crippen molar-refractivity contribution in [2.45, 2.75) is 13.0 Å². The average molecular weight is 372 g/mol. The molecule has 0 bridgehead atoms. The number of anilines is 1. The molecule has 2 N–H and O–H groups in total. The molecule has 7 nitrogen and oxygen atoms in total. The van der Waals surface area contributed by atoms with Crippen molar-refractivity contribution >= 4 is 17.5 Å². The van der Waals surface area contributed by atoms with Crippen LogP contribution in [0.15, 0.2) is 48.5 Å². The maximum absolute atomic E-state index is 12.5. The van der Waals surface area contributed by atoms with Crippen molar-refractivity contribution in [3.8, 4) is 11.5 Å². The molecule has 2 aromatic rings. The van der Waals surface area contributed by atoms with Crippen LogP contribution in [0.3, 0.4) is 0 Å². The summed E-state index contributed by atoms with van der Waals surface area (Å²) in [7, 11) is 3.09. The Morgan fingerprint density at radius 1 is 1.00 bits per heavy atom. The molecular formula is C20H24N2O5. The summed E-state index contributed by atoms with van der Waals surface area (Å²) in [6.45, 7) is 2.41. The van der Waals surface area contributed by atoms with Crippen LogP contribution in [0.1, 0.15) is 17.3 Å². The van der Waals surface area contributed by atoms with E-state index in [-0.39, 0.29) is 11.8 Å². The number of ether oxygens (including phenoxy) is 3. The first-order chi connectivity index (χ1) is 13.1. The molecule has 0 saturated heterocycles. The second kappa shape index (κ2) is 10.2. The molecule has 0 spiro atoms. The van der Waals surface area contributed by atoms with E-state index in [1.807, 2.05) is 6.07 Å². The number of methoxy groups -OCH3 is 2. The summed E-state index contributed by atoms with van der Waals surface area (Å²) >= 11 is 0. The molecule has 0 aromatic heterocycles. The van der Waals surface area contributed by atoms with Crippen LogP contribution in [-0.2, 0) is 9.53 Å². The van der Waals surface area contributed by atoms with E-state index in [1.165, 1.54) is 7.11 Å². The zero-order valence-corrected chi connectivity index (χ0v) is 15.7. The number of nitrogens with one attached hydrogen (secondary N) is 2. The van der Waals surface area contributed by atoms with Crippen molar-refractivity contribution in [3.05, 3.63) is 54.1 Å². The Morgan fingerprint density at radius 2 is 1.67 bits per heavy atom. The van der Waals surface area contributed by atoms with Crippen molar-refractivity contribution in [2.24, 2.45) is 0 Å². The molecule has 7 heteroatoms. The summed E-state index contributed by atoms with van der Waals surface area (Å²) in [4.78, 5) is 24.8. The van der Waals surface area contributed by atoms with Gasteiger partial charge in [-0.25, -0.2) is 0 Å². The van der Waals surface area contributed by atoms with Crippen LogP contribution < -0.4 is 20.1 Å². The number of carbonyl (C=O) groups is 2. The number of benzene rings is 2. The van der Waals surface area contributed by atoms with E-state index >= 15 is 0 Å². The van der Waals surface area contributed by atoms with Gasteiger partial charge >= 0.3 is 0 Å². The zero-order valence-electron chi connectivity index (χ0n) is 15.7. The van der Waals surface area contributed by atoms with E-state index in [0.29, 0.717) is 35.9 Å². The van der Waals surface area contributed by atoms with Crippen molar-refractivity contribution in [2.75, 3.05) is 32.7 Å². The van der Waals surface area contributed by atoms with Gasteiger partial charge in [-0.05, 0) is 31.2 Å². The van der Waals surface area contributed by atoms with Crippen LogP contribution in [0.25, 0.3) is 0 Å². The predicted octanol–water partition coefficient (Wildman–Crippen LogP) is 2.48. The van der Waals surface area contributed by atoms with Crippen molar-refractivity contribution < 1.29 is 23.8 Å². The van der Waals surface area contributed by atoms with E-state index < -0.39 is 6.10 Å². The largest absolute Gasteiger partial charge is 0.493 e. The lowest BCUT2D eigenvalue weighted by Gasteiger charge is -2.17. The second-order valence-corrected chi connectivity index (χ2v) is 5.69. The summed E-state index contributed by atoms with van der Waals surface area (Å²) in [5.74, 6) is 0.336. The van der Waals surface area contributed by atoms with Gasteiger partial charge in [-0.2, -0.15) is 0 Å². The van der Waals surface area contributed by atoms with Gasteiger partial charge in [0, 0.05) is 13.7 Å². The number of hydrogen-bond donors (Lipinski definition) is 2. The third-order valence-corrected chi connectivity index (χ3v) is 3.76. The molecule has 0 heterocycles. The van der Waals surface area contributed by atoms with E-state index in [4.69, 9.17) is 14.2 Å². The first kappa shape index (κ1) is 20.3. The molecule has 0 aliphatic carbocycles. The van der Waals surface area contributed by atoms with E-state index in [1.54, 1.807) is 56.5 Å². The zero-order chi connectivity index (χ0) is 19.6. The summed E-state index contributed by atoms with van der Waals surface area (Å²) in [5, 5.41) is 5.48.